The van der Waals surface area contributed by atoms with Crippen LogP contribution in [0.5, 0.6) is 0 Å². The van der Waals surface area contributed by atoms with Crippen molar-refractivity contribution in [3.05, 3.63) is 45.4 Å². The van der Waals surface area contributed by atoms with Crippen molar-refractivity contribution in [3.8, 4) is 0 Å². The summed E-state index contributed by atoms with van der Waals surface area (Å²) in [5.41, 5.74) is -1.05. The van der Waals surface area contributed by atoms with Crippen LogP contribution in [-0.4, -0.2) is 37.1 Å². The maximum absolute atomic E-state index is 14.1. The maximum Gasteiger partial charge on any atom is 0.396 e. The van der Waals surface area contributed by atoms with E-state index in [9.17, 15) is 23.1 Å². The van der Waals surface area contributed by atoms with E-state index in [0.717, 1.165) is 4.57 Å². The molecule has 2 aromatic rings. The van der Waals surface area contributed by atoms with Crippen molar-refractivity contribution in [2.45, 2.75) is 57.3 Å². The molecule has 1 aromatic heterocycles. The van der Waals surface area contributed by atoms with Gasteiger partial charge in [-0.25, -0.2) is 9.25 Å². The fraction of sp³-hybridized carbons (Fsp3) is 0.526. The van der Waals surface area contributed by atoms with E-state index < -0.39 is 23.6 Å². The molecule has 3 rings (SSSR count). The molecule has 10 heteroatoms. The van der Waals surface area contributed by atoms with Crippen molar-refractivity contribution in [3.63, 3.8) is 0 Å². The number of alkyl halides is 3. The van der Waals surface area contributed by atoms with E-state index in [0.29, 0.717) is 17.0 Å². The van der Waals surface area contributed by atoms with E-state index in [-0.39, 0.29) is 35.6 Å². The second-order valence-corrected chi connectivity index (χ2v) is 8.36. The molecule has 0 amide bonds. The van der Waals surface area contributed by atoms with Crippen LogP contribution in [0.25, 0.3) is 0 Å². The summed E-state index contributed by atoms with van der Waals surface area (Å²) in [5, 5.41) is 15.7. The number of halogens is 4. The third kappa shape index (κ3) is 4.27. The van der Waals surface area contributed by atoms with Crippen LogP contribution < -0.4 is 0 Å². The Kier molecular flexibility index (Phi) is 5.95. The summed E-state index contributed by atoms with van der Waals surface area (Å²) >= 11 is 11.2. The number of benzene rings is 1. The van der Waals surface area contributed by atoms with Crippen molar-refractivity contribution in [1.29, 1.82) is 0 Å². The Morgan fingerprint density at radius 3 is 2.72 bits per heavy atom. The highest BCUT2D eigenvalue weighted by molar-refractivity contribution is 7.71. The number of aliphatic hydroxyl groups is 1. The van der Waals surface area contributed by atoms with Gasteiger partial charge < -0.3 is 5.11 Å². The normalized spacial score (nSPS) is 23.3. The lowest BCUT2D eigenvalue weighted by molar-refractivity contribution is -0.181. The van der Waals surface area contributed by atoms with E-state index in [1.807, 2.05) is 0 Å². The fourth-order valence-electron chi connectivity index (χ4n) is 4.19. The number of aryl methyl sites for hydroxylation is 1. The van der Waals surface area contributed by atoms with Crippen LogP contribution in [-0.2, 0) is 6.54 Å². The first-order valence-electron chi connectivity index (χ1n) is 9.14. The van der Waals surface area contributed by atoms with Crippen LogP contribution in [0.3, 0.4) is 0 Å². The zero-order valence-electron chi connectivity index (χ0n) is 15.9. The molecule has 0 aliphatic heterocycles. The van der Waals surface area contributed by atoms with E-state index >= 15 is 0 Å². The molecule has 1 aromatic carbocycles. The molecule has 29 heavy (non-hydrogen) atoms. The molecule has 1 aliphatic carbocycles. The Morgan fingerprint density at radius 2 is 2.17 bits per heavy atom. The van der Waals surface area contributed by atoms with Gasteiger partial charge in [0.25, 0.3) is 0 Å². The minimum atomic E-state index is -4.55. The predicted molar refractivity (Wildman–Crippen MR) is 105 cm³/mol. The summed E-state index contributed by atoms with van der Waals surface area (Å²) in [6.45, 7) is 2.74. The van der Waals surface area contributed by atoms with Gasteiger partial charge in [-0.05, 0) is 49.2 Å². The van der Waals surface area contributed by atoms with Gasteiger partial charge in [-0.1, -0.05) is 30.2 Å². The van der Waals surface area contributed by atoms with Crippen LogP contribution in [0.15, 0.2) is 24.5 Å². The standard InChI is InChI=1S/C19H21ClF3N3O2S/c1-11-8-13(5-6-15(11)20)16(19(21,22)23)14-4-3-7-18(14,28)9-26-17(29)25(10-24-26)12(2)27/h5-6,8,10,14,16,28H,3-4,7,9H2,1-2H3. The summed E-state index contributed by atoms with van der Waals surface area (Å²) < 4.78 is 44.8. The predicted octanol–water partition coefficient (Wildman–Crippen LogP) is 4.91. The van der Waals surface area contributed by atoms with Crippen molar-refractivity contribution < 1.29 is 23.1 Å². The zero-order chi connectivity index (χ0) is 21.6. The van der Waals surface area contributed by atoms with Gasteiger partial charge in [0.2, 0.25) is 10.7 Å². The Labute approximate surface area is 176 Å². The number of carbonyl (C=O) groups is 1. The minimum Gasteiger partial charge on any atom is -0.388 e. The summed E-state index contributed by atoms with van der Waals surface area (Å²) in [5.74, 6) is -3.29. The van der Waals surface area contributed by atoms with Crippen molar-refractivity contribution in [2.24, 2.45) is 5.92 Å². The molecule has 3 unspecified atom stereocenters. The number of hydrogen-bond acceptors (Lipinski definition) is 4. The Hall–Kier alpha value is -1.71. The Balaban J connectivity index is 2.00. The average molecular weight is 448 g/mol. The van der Waals surface area contributed by atoms with Crippen molar-refractivity contribution in [2.75, 3.05) is 0 Å². The molecule has 1 heterocycles. The second-order valence-electron chi connectivity index (χ2n) is 7.59. The van der Waals surface area contributed by atoms with Crippen LogP contribution in [0.2, 0.25) is 5.02 Å². The second kappa shape index (κ2) is 7.85. The number of aromatic nitrogens is 3. The summed E-state index contributed by atoms with van der Waals surface area (Å²) in [6.07, 6.45) is -2.50. The van der Waals surface area contributed by atoms with Gasteiger partial charge in [-0.2, -0.15) is 18.3 Å². The number of carbonyl (C=O) groups excluding carboxylic acids is 1. The third-order valence-corrected chi connectivity index (χ3v) is 6.44. The minimum absolute atomic E-state index is 0.0440. The van der Waals surface area contributed by atoms with E-state index in [2.05, 4.69) is 5.10 Å². The van der Waals surface area contributed by atoms with Crippen LogP contribution in [0, 0.1) is 17.6 Å². The van der Waals surface area contributed by atoms with Gasteiger partial charge in [-0.3, -0.25) is 4.79 Å². The van der Waals surface area contributed by atoms with Crippen LogP contribution >= 0.6 is 23.8 Å². The lowest BCUT2D eigenvalue weighted by Gasteiger charge is -2.37. The first-order valence-corrected chi connectivity index (χ1v) is 9.93. The molecular weight excluding hydrogens is 427 g/mol. The van der Waals surface area contributed by atoms with Gasteiger partial charge in [0, 0.05) is 17.9 Å². The quantitative estimate of drug-likeness (QED) is 0.676. The zero-order valence-corrected chi connectivity index (χ0v) is 17.5. The first kappa shape index (κ1) is 22.0. The smallest absolute Gasteiger partial charge is 0.388 e. The molecule has 3 atom stereocenters. The van der Waals surface area contributed by atoms with Crippen LogP contribution in [0.4, 0.5) is 13.2 Å². The SMILES string of the molecule is CC(=O)n1cnn(CC2(O)CCCC2C(c2ccc(Cl)c(C)c2)C(F)(F)F)c1=S. The van der Waals surface area contributed by atoms with Crippen molar-refractivity contribution >= 4 is 29.7 Å². The summed E-state index contributed by atoms with van der Waals surface area (Å²) in [6, 6.07) is 4.24. The molecule has 0 bridgehead atoms. The molecular formula is C19H21ClF3N3O2S. The summed E-state index contributed by atoms with van der Waals surface area (Å²) in [4.78, 5) is 11.6. The van der Waals surface area contributed by atoms with Crippen LogP contribution in [0.1, 0.15) is 48.0 Å². The third-order valence-electron chi connectivity index (χ3n) is 5.61. The lowest BCUT2D eigenvalue weighted by Crippen LogP contribution is -2.45. The molecule has 1 fully saturated rings. The molecule has 1 saturated carbocycles. The lowest BCUT2D eigenvalue weighted by atomic mass is 9.76. The summed E-state index contributed by atoms with van der Waals surface area (Å²) in [7, 11) is 0. The maximum atomic E-state index is 14.1. The van der Waals surface area contributed by atoms with Gasteiger partial charge in [0.15, 0.2) is 0 Å². The molecule has 0 radical (unpaired) electrons. The van der Waals surface area contributed by atoms with E-state index in [1.54, 1.807) is 6.92 Å². The number of nitrogens with zero attached hydrogens (tertiary/aromatic N) is 3. The monoisotopic (exact) mass is 447 g/mol. The fourth-order valence-corrected chi connectivity index (χ4v) is 4.59. The molecule has 1 aliphatic rings. The highest BCUT2D eigenvalue weighted by Crippen LogP contribution is 2.51. The molecule has 158 valence electrons. The topological polar surface area (TPSA) is 60.0 Å². The highest BCUT2D eigenvalue weighted by atomic mass is 35.5. The molecule has 0 spiro atoms. The Morgan fingerprint density at radius 1 is 1.48 bits per heavy atom. The van der Waals surface area contributed by atoms with Gasteiger partial charge in [-0.15, -0.1) is 0 Å². The largest absolute Gasteiger partial charge is 0.396 e. The molecule has 0 saturated heterocycles. The van der Waals surface area contributed by atoms with Gasteiger partial charge in [0.05, 0.1) is 18.1 Å². The number of rotatable bonds is 4. The first-order chi connectivity index (χ1) is 13.4. The average Bonchev–Trinajstić information content (AvgIpc) is 3.14. The van der Waals surface area contributed by atoms with Crippen molar-refractivity contribution in [1.82, 2.24) is 14.3 Å². The molecule has 5 nitrogen and oxygen atoms in total. The van der Waals surface area contributed by atoms with E-state index in [4.69, 9.17) is 23.8 Å². The number of hydrogen-bond donors (Lipinski definition) is 1. The highest BCUT2D eigenvalue weighted by Gasteiger charge is 2.55. The van der Waals surface area contributed by atoms with E-state index in [1.165, 1.54) is 36.1 Å². The molecule has 1 N–H and O–H groups in total. The van der Waals surface area contributed by atoms with Gasteiger partial charge in [0.1, 0.15) is 6.33 Å². The van der Waals surface area contributed by atoms with Gasteiger partial charge >= 0.3 is 6.18 Å². The Bertz CT molecular complexity index is 988.